The second kappa shape index (κ2) is 6.07. The fourth-order valence-electron chi connectivity index (χ4n) is 1.75. The van der Waals surface area contributed by atoms with E-state index in [1.54, 1.807) is 36.9 Å². The molecule has 0 radical (unpaired) electrons. The maximum Gasteiger partial charge on any atom is 0.149 e. The Balaban J connectivity index is 2.34. The highest BCUT2D eigenvalue weighted by atomic mass is 15.0. The van der Waals surface area contributed by atoms with E-state index < -0.39 is 0 Å². The summed E-state index contributed by atoms with van der Waals surface area (Å²) in [6.07, 6.45) is 7.94. The Morgan fingerprint density at radius 3 is 2.72 bits per heavy atom. The van der Waals surface area contributed by atoms with Gasteiger partial charge in [-0.25, -0.2) is 9.97 Å². The highest BCUT2D eigenvalue weighted by Crippen LogP contribution is 2.23. The van der Waals surface area contributed by atoms with E-state index in [0.29, 0.717) is 11.5 Å². The van der Waals surface area contributed by atoms with Crippen molar-refractivity contribution in [2.75, 3.05) is 12.3 Å². The Labute approximate surface area is 106 Å². The number of hydrogen-bond donors (Lipinski definition) is 2. The van der Waals surface area contributed by atoms with Gasteiger partial charge in [0.05, 0.1) is 6.04 Å². The van der Waals surface area contributed by atoms with Crippen molar-refractivity contribution in [1.29, 1.82) is 0 Å². The molecule has 2 heterocycles. The lowest BCUT2D eigenvalue weighted by atomic mass is 10.1. The molecule has 0 amide bonds. The summed E-state index contributed by atoms with van der Waals surface area (Å²) in [5, 5.41) is 3.40. The van der Waals surface area contributed by atoms with Gasteiger partial charge in [0, 0.05) is 36.0 Å². The monoisotopic (exact) mass is 243 g/mol. The number of pyridine rings is 1. The van der Waals surface area contributed by atoms with Gasteiger partial charge in [0.1, 0.15) is 5.82 Å². The van der Waals surface area contributed by atoms with Gasteiger partial charge in [-0.3, -0.25) is 4.98 Å². The summed E-state index contributed by atoms with van der Waals surface area (Å²) in [6, 6.07) is 3.48. The maximum absolute atomic E-state index is 5.99. The van der Waals surface area contributed by atoms with Gasteiger partial charge in [0.15, 0.2) is 0 Å². The molecule has 0 spiro atoms. The van der Waals surface area contributed by atoms with E-state index in [1.165, 1.54) is 0 Å². The number of aromatic nitrogens is 3. The van der Waals surface area contributed by atoms with Crippen molar-refractivity contribution >= 4 is 5.69 Å². The predicted molar refractivity (Wildman–Crippen MR) is 70.8 cm³/mol. The number of nitrogens with zero attached hydrogens (tertiary/aromatic N) is 3. The minimum atomic E-state index is -0.111. The lowest BCUT2D eigenvalue weighted by Crippen LogP contribution is -2.26. The second-order valence-corrected chi connectivity index (χ2v) is 4.00. The molecule has 18 heavy (non-hydrogen) atoms. The van der Waals surface area contributed by atoms with Crippen molar-refractivity contribution in [2.45, 2.75) is 19.4 Å². The van der Waals surface area contributed by atoms with Gasteiger partial charge < -0.3 is 11.1 Å². The molecule has 0 fully saturated rings. The van der Waals surface area contributed by atoms with Crippen LogP contribution >= 0.6 is 0 Å². The number of hydrogen-bond acceptors (Lipinski definition) is 5. The van der Waals surface area contributed by atoms with Crippen LogP contribution in [0.3, 0.4) is 0 Å². The average molecular weight is 243 g/mol. The fraction of sp³-hybridized carbons (Fsp3) is 0.308. The molecule has 0 aliphatic carbocycles. The quantitative estimate of drug-likeness (QED) is 0.833. The van der Waals surface area contributed by atoms with E-state index in [2.05, 4.69) is 27.2 Å². The van der Waals surface area contributed by atoms with Gasteiger partial charge >= 0.3 is 0 Å². The summed E-state index contributed by atoms with van der Waals surface area (Å²) in [7, 11) is 0. The zero-order valence-electron chi connectivity index (χ0n) is 10.4. The van der Waals surface area contributed by atoms with Crippen molar-refractivity contribution in [1.82, 2.24) is 20.3 Å². The van der Waals surface area contributed by atoms with Crippen LogP contribution in [-0.4, -0.2) is 21.5 Å². The standard InChI is InChI=1S/C13H17N5/c1-2-5-16-12(13-17-6-3-7-18-13)10-9-15-8-4-11(10)14/h3-4,6-9,12,16H,2,5H2,1H3,(H2,14,15). The normalized spacial score (nSPS) is 12.3. The van der Waals surface area contributed by atoms with E-state index in [-0.39, 0.29) is 6.04 Å². The predicted octanol–water partition coefficient (Wildman–Crippen LogP) is 1.54. The molecule has 5 nitrogen and oxygen atoms in total. The Bertz CT molecular complexity index is 486. The fourth-order valence-corrected chi connectivity index (χ4v) is 1.75. The Morgan fingerprint density at radius 2 is 2.06 bits per heavy atom. The summed E-state index contributed by atoms with van der Waals surface area (Å²) in [4.78, 5) is 12.7. The highest BCUT2D eigenvalue weighted by Gasteiger charge is 2.18. The zero-order valence-corrected chi connectivity index (χ0v) is 10.4. The second-order valence-electron chi connectivity index (χ2n) is 4.00. The van der Waals surface area contributed by atoms with Crippen LogP contribution in [0.4, 0.5) is 5.69 Å². The van der Waals surface area contributed by atoms with E-state index in [1.807, 2.05) is 0 Å². The number of nitrogen functional groups attached to an aromatic ring is 1. The molecule has 3 N–H and O–H groups in total. The number of nitrogens with one attached hydrogen (secondary N) is 1. The molecule has 0 aliphatic rings. The molecule has 2 aromatic heterocycles. The third-order valence-corrected chi connectivity index (χ3v) is 2.64. The molecule has 2 rings (SSSR count). The van der Waals surface area contributed by atoms with Crippen LogP contribution in [0.25, 0.3) is 0 Å². The van der Waals surface area contributed by atoms with Crippen LogP contribution in [0, 0.1) is 0 Å². The molecule has 1 atom stereocenters. The summed E-state index contributed by atoms with van der Waals surface area (Å²) in [5.74, 6) is 0.714. The Kier molecular flexibility index (Phi) is 4.20. The van der Waals surface area contributed by atoms with Gasteiger partial charge in [-0.15, -0.1) is 0 Å². The highest BCUT2D eigenvalue weighted by molar-refractivity contribution is 5.48. The van der Waals surface area contributed by atoms with Crippen LogP contribution in [0.5, 0.6) is 0 Å². The number of nitrogens with two attached hydrogens (primary N) is 1. The smallest absolute Gasteiger partial charge is 0.149 e. The third-order valence-electron chi connectivity index (χ3n) is 2.64. The van der Waals surface area contributed by atoms with Gasteiger partial charge in [-0.05, 0) is 25.1 Å². The summed E-state index contributed by atoms with van der Waals surface area (Å²) in [5.41, 5.74) is 7.61. The van der Waals surface area contributed by atoms with E-state index in [9.17, 15) is 0 Å². The average Bonchev–Trinajstić information content (AvgIpc) is 2.42. The number of anilines is 1. The molecule has 1 unspecified atom stereocenters. The first-order valence-corrected chi connectivity index (χ1v) is 6.02. The van der Waals surface area contributed by atoms with Crippen molar-refractivity contribution < 1.29 is 0 Å². The van der Waals surface area contributed by atoms with E-state index in [0.717, 1.165) is 18.5 Å². The van der Waals surface area contributed by atoms with Crippen molar-refractivity contribution in [3.05, 3.63) is 48.3 Å². The minimum absolute atomic E-state index is 0.111. The van der Waals surface area contributed by atoms with Crippen LogP contribution in [-0.2, 0) is 0 Å². The molecule has 0 saturated heterocycles. The first kappa shape index (κ1) is 12.4. The lowest BCUT2D eigenvalue weighted by Gasteiger charge is -2.18. The minimum Gasteiger partial charge on any atom is -0.398 e. The van der Waals surface area contributed by atoms with Crippen LogP contribution < -0.4 is 11.1 Å². The van der Waals surface area contributed by atoms with Crippen molar-refractivity contribution in [2.24, 2.45) is 0 Å². The molecule has 0 bridgehead atoms. The maximum atomic E-state index is 5.99. The third kappa shape index (κ3) is 2.81. The lowest BCUT2D eigenvalue weighted by molar-refractivity contribution is 0.571. The van der Waals surface area contributed by atoms with Crippen LogP contribution in [0.1, 0.15) is 30.8 Å². The topological polar surface area (TPSA) is 76.7 Å². The van der Waals surface area contributed by atoms with Gasteiger partial charge in [-0.2, -0.15) is 0 Å². The van der Waals surface area contributed by atoms with Crippen molar-refractivity contribution in [3.63, 3.8) is 0 Å². The first-order valence-electron chi connectivity index (χ1n) is 6.02. The largest absolute Gasteiger partial charge is 0.398 e. The molecule has 0 aromatic carbocycles. The molecule has 5 heteroatoms. The molecule has 0 saturated carbocycles. The van der Waals surface area contributed by atoms with Gasteiger partial charge in [0.2, 0.25) is 0 Å². The number of rotatable bonds is 5. The summed E-state index contributed by atoms with van der Waals surface area (Å²) in [6.45, 7) is 2.99. The molecular formula is C13H17N5. The SMILES string of the molecule is CCCNC(c1ncccn1)c1cnccc1N. The van der Waals surface area contributed by atoms with Gasteiger partial charge in [0.25, 0.3) is 0 Å². The summed E-state index contributed by atoms with van der Waals surface area (Å²) < 4.78 is 0. The Hall–Kier alpha value is -2.01. The summed E-state index contributed by atoms with van der Waals surface area (Å²) >= 11 is 0. The van der Waals surface area contributed by atoms with Gasteiger partial charge in [-0.1, -0.05) is 6.92 Å². The van der Waals surface area contributed by atoms with Crippen LogP contribution in [0.15, 0.2) is 36.9 Å². The Morgan fingerprint density at radius 1 is 1.28 bits per heavy atom. The van der Waals surface area contributed by atoms with E-state index >= 15 is 0 Å². The molecular weight excluding hydrogens is 226 g/mol. The van der Waals surface area contributed by atoms with E-state index in [4.69, 9.17) is 5.73 Å². The molecule has 2 aromatic rings. The first-order chi connectivity index (χ1) is 8.83. The van der Waals surface area contributed by atoms with Crippen LogP contribution in [0.2, 0.25) is 0 Å². The molecule has 94 valence electrons. The zero-order chi connectivity index (χ0) is 12.8. The molecule has 0 aliphatic heterocycles. The van der Waals surface area contributed by atoms with Crippen molar-refractivity contribution in [3.8, 4) is 0 Å².